The van der Waals surface area contributed by atoms with Gasteiger partial charge in [-0.2, -0.15) is 0 Å². The van der Waals surface area contributed by atoms with Crippen LogP contribution >= 0.6 is 0 Å². The summed E-state index contributed by atoms with van der Waals surface area (Å²) in [7, 11) is 0. The van der Waals surface area contributed by atoms with Gasteiger partial charge in [-0.25, -0.2) is 4.68 Å². The molecule has 1 N–H and O–H groups in total. The zero-order valence-corrected chi connectivity index (χ0v) is 22.0. The predicted molar refractivity (Wildman–Crippen MR) is 144 cm³/mol. The molecular formula is C29H36N6O2. The van der Waals surface area contributed by atoms with Crippen molar-refractivity contribution >= 4 is 10.9 Å². The molecule has 0 saturated carbocycles. The molecule has 1 saturated heterocycles. The molecule has 0 amide bonds. The van der Waals surface area contributed by atoms with Crippen LogP contribution in [0, 0.1) is 13.8 Å². The molecular weight excluding hydrogens is 464 g/mol. The zero-order valence-electron chi connectivity index (χ0n) is 22.0. The molecule has 1 aliphatic heterocycles. The summed E-state index contributed by atoms with van der Waals surface area (Å²) in [6.45, 7) is 9.02. The van der Waals surface area contributed by atoms with Crippen molar-refractivity contribution < 1.29 is 4.74 Å². The van der Waals surface area contributed by atoms with E-state index in [9.17, 15) is 4.79 Å². The molecule has 2 atom stereocenters. The van der Waals surface area contributed by atoms with Gasteiger partial charge in [0.2, 0.25) is 0 Å². The molecule has 0 aliphatic carbocycles. The van der Waals surface area contributed by atoms with Crippen molar-refractivity contribution in [2.24, 2.45) is 0 Å². The van der Waals surface area contributed by atoms with Gasteiger partial charge in [-0.05, 0) is 78.6 Å². The smallest absolute Gasteiger partial charge is 0.252 e. The van der Waals surface area contributed by atoms with Crippen LogP contribution in [0.4, 0.5) is 0 Å². The third-order valence-electron chi connectivity index (χ3n) is 7.36. The Hall–Kier alpha value is -3.36. The Morgan fingerprint density at radius 1 is 1.19 bits per heavy atom. The fourth-order valence-electron chi connectivity index (χ4n) is 5.50. The van der Waals surface area contributed by atoms with Gasteiger partial charge < -0.3 is 9.72 Å². The first kappa shape index (κ1) is 25.3. The number of nitrogens with one attached hydrogen (secondary N) is 1. The lowest BCUT2D eigenvalue weighted by atomic mass is 10.0. The lowest BCUT2D eigenvalue weighted by Gasteiger charge is -2.30. The van der Waals surface area contributed by atoms with Gasteiger partial charge in [-0.3, -0.25) is 9.69 Å². The van der Waals surface area contributed by atoms with Crippen molar-refractivity contribution in [3.8, 4) is 0 Å². The number of tetrazole rings is 1. The van der Waals surface area contributed by atoms with Crippen LogP contribution in [0.3, 0.4) is 0 Å². The Kier molecular flexibility index (Phi) is 7.76. The molecule has 3 heterocycles. The minimum Gasteiger partial charge on any atom is -0.376 e. The maximum absolute atomic E-state index is 13.2. The lowest BCUT2D eigenvalue weighted by molar-refractivity contribution is 0.0893. The van der Waals surface area contributed by atoms with Crippen LogP contribution < -0.4 is 5.56 Å². The Morgan fingerprint density at radius 2 is 2.03 bits per heavy atom. The number of rotatable bonds is 10. The van der Waals surface area contributed by atoms with Crippen molar-refractivity contribution in [2.75, 3.05) is 13.2 Å². The first-order chi connectivity index (χ1) is 18.0. The van der Waals surface area contributed by atoms with E-state index in [1.54, 1.807) is 0 Å². The molecule has 0 radical (unpaired) electrons. The quantitative estimate of drug-likeness (QED) is 0.345. The monoisotopic (exact) mass is 500 g/mol. The average Bonchev–Trinajstić information content (AvgIpc) is 3.57. The maximum Gasteiger partial charge on any atom is 0.252 e. The molecule has 5 rings (SSSR count). The van der Waals surface area contributed by atoms with E-state index in [-0.39, 0.29) is 17.7 Å². The summed E-state index contributed by atoms with van der Waals surface area (Å²) in [4.78, 5) is 18.7. The number of hydrogen-bond acceptors (Lipinski definition) is 6. The van der Waals surface area contributed by atoms with E-state index in [0.717, 1.165) is 66.7 Å². The molecule has 8 heteroatoms. The second kappa shape index (κ2) is 11.4. The molecule has 1 fully saturated rings. The fourth-order valence-corrected chi connectivity index (χ4v) is 5.50. The van der Waals surface area contributed by atoms with Gasteiger partial charge in [0.15, 0.2) is 5.82 Å². The number of pyridine rings is 1. The third-order valence-corrected chi connectivity index (χ3v) is 7.36. The summed E-state index contributed by atoms with van der Waals surface area (Å²) < 4.78 is 7.76. The van der Waals surface area contributed by atoms with Crippen molar-refractivity contribution in [3.05, 3.63) is 87.0 Å². The van der Waals surface area contributed by atoms with Gasteiger partial charge in [-0.15, -0.1) is 5.10 Å². The number of H-pyrrole nitrogens is 1. The van der Waals surface area contributed by atoms with Crippen LogP contribution in [-0.2, 0) is 24.2 Å². The first-order valence-corrected chi connectivity index (χ1v) is 13.3. The van der Waals surface area contributed by atoms with Crippen LogP contribution in [-0.4, -0.2) is 49.3 Å². The summed E-state index contributed by atoms with van der Waals surface area (Å²) >= 11 is 0. The van der Waals surface area contributed by atoms with Gasteiger partial charge >= 0.3 is 0 Å². The molecule has 37 heavy (non-hydrogen) atoms. The highest BCUT2D eigenvalue weighted by molar-refractivity contribution is 5.82. The Morgan fingerprint density at radius 3 is 2.78 bits per heavy atom. The predicted octanol–water partition coefficient (Wildman–Crippen LogP) is 4.51. The largest absolute Gasteiger partial charge is 0.376 e. The lowest BCUT2D eigenvalue weighted by Crippen LogP contribution is -2.34. The molecule has 0 spiro atoms. The van der Waals surface area contributed by atoms with Gasteiger partial charge in [-0.1, -0.05) is 48.9 Å². The van der Waals surface area contributed by atoms with Crippen LogP contribution in [0.2, 0.25) is 0 Å². The van der Waals surface area contributed by atoms with Crippen molar-refractivity contribution in [1.29, 1.82) is 0 Å². The maximum atomic E-state index is 13.2. The fraction of sp³-hybridized carbons (Fsp3) is 0.448. The summed E-state index contributed by atoms with van der Waals surface area (Å²) in [6, 6.07) is 16.7. The highest BCUT2D eigenvalue weighted by Crippen LogP contribution is 2.26. The average molecular weight is 501 g/mol. The van der Waals surface area contributed by atoms with Crippen LogP contribution in [0.5, 0.6) is 0 Å². The summed E-state index contributed by atoms with van der Waals surface area (Å²) in [5, 5.41) is 13.9. The number of benzene rings is 2. The summed E-state index contributed by atoms with van der Waals surface area (Å²) in [6.07, 6.45) is 3.94. The van der Waals surface area contributed by atoms with Gasteiger partial charge in [0.05, 0.1) is 24.2 Å². The van der Waals surface area contributed by atoms with E-state index >= 15 is 0 Å². The van der Waals surface area contributed by atoms with Crippen molar-refractivity contribution in [1.82, 2.24) is 30.1 Å². The van der Waals surface area contributed by atoms with Gasteiger partial charge in [0, 0.05) is 25.3 Å². The molecule has 2 aromatic heterocycles. The van der Waals surface area contributed by atoms with E-state index in [2.05, 4.69) is 75.7 Å². The SMILES string of the molecule is CC[C@H](c1nnnn1C[C@H]1CCCO1)N(CCc1ccccc1)Cc1cc2cc(C)cc(C)c2[nH]c1=O. The Bertz CT molecular complexity index is 1390. The zero-order chi connectivity index (χ0) is 25.8. The highest BCUT2D eigenvalue weighted by atomic mass is 16.5. The number of hydrogen-bond donors (Lipinski definition) is 1. The van der Waals surface area contributed by atoms with Gasteiger partial charge in [0.25, 0.3) is 5.56 Å². The van der Waals surface area contributed by atoms with E-state index in [0.29, 0.717) is 13.1 Å². The summed E-state index contributed by atoms with van der Waals surface area (Å²) in [5.74, 6) is 0.829. The first-order valence-electron chi connectivity index (χ1n) is 13.3. The van der Waals surface area contributed by atoms with Crippen molar-refractivity contribution in [3.63, 3.8) is 0 Å². The number of nitrogens with zero attached hydrogens (tertiary/aromatic N) is 5. The van der Waals surface area contributed by atoms with Crippen LogP contribution in [0.25, 0.3) is 10.9 Å². The van der Waals surface area contributed by atoms with E-state index in [4.69, 9.17) is 4.74 Å². The minimum absolute atomic E-state index is 0.0329. The highest BCUT2D eigenvalue weighted by Gasteiger charge is 2.27. The minimum atomic E-state index is -0.0436. The Labute approximate surface area is 217 Å². The number of aryl methyl sites for hydroxylation is 2. The van der Waals surface area contributed by atoms with Crippen LogP contribution in [0.15, 0.2) is 53.3 Å². The second-order valence-electron chi connectivity index (χ2n) is 10.2. The molecule has 1 aliphatic rings. The normalized spacial score (nSPS) is 16.6. The topological polar surface area (TPSA) is 88.9 Å². The molecule has 194 valence electrons. The summed E-state index contributed by atoms with van der Waals surface area (Å²) in [5.41, 5.74) is 5.14. The molecule has 2 aromatic carbocycles. The number of fused-ring (bicyclic) bond motifs is 1. The van der Waals surface area contributed by atoms with E-state index in [1.165, 1.54) is 11.1 Å². The van der Waals surface area contributed by atoms with Crippen LogP contribution in [0.1, 0.15) is 60.3 Å². The van der Waals surface area contributed by atoms with E-state index < -0.39 is 0 Å². The number of aromatic nitrogens is 5. The second-order valence-corrected chi connectivity index (χ2v) is 10.2. The van der Waals surface area contributed by atoms with Crippen molar-refractivity contribution in [2.45, 2.75) is 71.7 Å². The molecule has 4 aromatic rings. The standard InChI is InChI=1S/C29H36N6O2/c1-4-26(28-31-32-33-35(28)19-25-11-8-14-37-25)34(13-12-22-9-6-5-7-10-22)18-24-17-23-16-20(2)15-21(3)27(23)30-29(24)36/h5-7,9-10,15-17,25-26H,4,8,11-14,18-19H2,1-3H3,(H,30,36)/t25-,26-/m1/s1. The van der Waals surface area contributed by atoms with Gasteiger partial charge in [0.1, 0.15) is 0 Å². The Balaban J connectivity index is 1.47. The molecule has 0 unspecified atom stereocenters. The number of aromatic amines is 1. The third kappa shape index (κ3) is 5.81. The molecule has 8 nitrogen and oxygen atoms in total. The van der Waals surface area contributed by atoms with E-state index in [1.807, 2.05) is 23.7 Å². The molecule has 0 bridgehead atoms. The number of ether oxygens (including phenoxy) is 1.